The van der Waals surface area contributed by atoms with Crippen LogP contribution in [-0.4, -0.2) is 29.6 Å². The summed E-state index contributed by atoms with van der Waals surface area (Å²) in [4.78, 5) is 2.58. The second kappa shape index (κ2) is 4.42. The Morgan fingerprint density at radius 2 is 1.80 bits per heavy atom. The Labute approximate surface area is 95.2 Å². The zero-order chi connectivity index (χ0) is 11.7. The molecule has 2 nitrogen and oxygen atoms in total. The zero-order valence-electron chi connectivity index (χ0n) is 11.1. The number of rotatable bonds is 2. The number of hydrogen-bond acceptors (Lipinski definition) is 2. The van der Waals surface area contributed by atoms with E-state index in [-0.39, 0.29) is 5.54 Å². The van der Waals surface area contributed by atoms with E-state index in [0.29, 0.717) is 11.5 Å². The van der Waals surface area contributed by atoms with Gasteiger partial charge in [0.25, 0.3) is 0 Å². The number of piperidine rings is 1. The number of hydrogen-bond donors (Lipinski definition) is 1. The summed E-state index contributed by atoms with van der Waals surface area (Å²) in [6, 6.07) is 0.387. The fraction of sp³-hybridized carbons (Fsp3) is 1.00. The molecule has 0 spiro atoms. The molecule has 0 aromatic heterocycles. The van der Waals surface area contributed by atoms with Crippen LogP contribution in [0.5, 0.6) is 0 Å². The first-order chi connectivity index (χ1) is 6.71. The number of likely N-dealkylation sites (tertiary alicyclic amines) is 1. The monoisotopic (exact) mass is 212 g/mol. The Kier molecular flexibility index (Phi) is 3.83. The fourth-order valence-corrected chi connectivity index (χ4v) is 2.97. The van der Waals surface area contributed by atoms with Gasteiger partial charge in [0.1, 0.15) is 0 Å². The summed E-state index contributed by atoms with van der Waals surface area (Å²) in [7, 11) is 0. The average Bonchev–Trinajstić information content (AvgIpc) is 1.99. The highest BCUT2D eigenvalue weighted by Crippen LogP contribution is 2.32. The number of nitrogens with zero attached hydrogens (tertiary/aromatic N) is 1. The van der Waals surface area contributed by atoms with Crippen molar-refractivity contribution in [2.75, 3.05) is 13.1 Å². The van der Waals surface area contributed by atoms with Crippen molar-refractivity contribution in [3.05, 3.63) is 0 Å². The summed E-state index contributed by atoms with van der Waals surface area (Å²) in [5, 5.41) is 0. The normalized spacial score (nSPS) is 25.6. The van der Waals surface area contributed by atoms with Crippen molar-refractivity contribution in [1.82, 2.24) is 4.90 Å². The van der Waals surface area contributed by atoms with Gasteiger partial charge >= 0.3 is 0 Å². The molecule has 1 aliphatic rings. The van der Waals surface area contributed by atoms with Gasteiger partial charge in [0.2, 0.25) is 0 Å². The van der Waals surface area contributed by atoms with Crippen molar-refractivity contribution < 1.29 is 0 Å². The molecule has 0 amide bonds. The molecule has 1 heterocycles. The minimum absolute atomic E-state index is 0.288. The van der Waals surface area contributed by atoms with Crippen molar-refractivity contribution in [3.63, 3.8) is 0 Å². The van der Waals surface area contributed by atoms with Gasteiger partial charge in [0.15, 0.2) is 0 Å². The van der Waals surface area contributed by atoms with Crippen molar-refractivity contribution >= 4 is 0 Å². The molecule has 1 unspecified atom stereocenters. The van der Waals surface area contributed by atoms with E-state index in [0.717, 1.165) is 6.54 Å². The third-order valence-corrected chi connectivity index (χ3v) is 3.28. The molecule has 0 aliphatic carbocycles. The SMILES string of the molecule is CC(C)(C)CC(C)(C)N1CCCC(N)C1. The van der Waals surface area contributed by atoms with E-state index >= 15 is 0 Å². The smallest absolute Gasteiger partial charge is 0.0168 e. The summed E-state index contributed by atoms with van der Waals surface area (Å²) in [5.74, 6) is 0. The van der Waals surface area contributed by atoms with Gasteiger partial charge in [-0.3, -0.25) is 4.90 Å². The molecule has 2 heteroatoms. The van der Waals surface area contributed by atoms with Crippen molar-refractivity contribution in [3.8, 4) is 0 Å². The molecule has 0 radical (unpaired) electrons. The van der Waals surface area contributed by atoms with Crippen LogP contribution in [0.25, 0.3) is 0 Å². The van der Waals surface area contributed by atoms with Crippen molar-refractivity contribution in [2.24, 2.45) is 11.1 Å². The maximum Gasteiger partial charge on any atom is 0.0168 e. The van der Waals surface area contributed by atoms with Gasteiger partial charge in [-0.1, -0.05) is 20.8 Å². The van der Waals surface area contributed by atoms with Crippen LogP contribution in [-0.2, 0) is 0 Å². The topological polar surface area (TPSA) is 29.3 Å². The summed E-state index contributed by atoms with van der Waals surface area (Å²) in [5.41, 5.74) is 6.73. The molecular weight excluding hydrogens is 184 g/mol. The second-order valence-corrected chi connectivity index (χ2v) is 6.90. The lowest BCUT2D eigenvalue weighted by molar-refractivity contribution is 0.0523. The van der Waals surface area contributed by atoms with Gasteiger partial charge in [-0.15, -0.1) is 0 Å². The van der Waals surface area contributed by atoms with Crippen LogP contribution in [0.4, 0.5) is 0 Å². The molecule has 0 bridgehead atoms. The Hall–Kier alpha value is -0.0800. The standard InChI is InChI=1S/C13H28N2/c1-12(2,3)10-13(4,5)15-8-6-7-11(14)9-15/h11H,6-10,14H2,1-5H3. The Balaban J connectivity index is 2.59. The molecule has 2 N–H and O–H groups in total. The van der Waals surface area contributed by atoms with Crippen molar-refractivity contribution in [2.45, 2.75) is 65.5 Å². The predicted molar refractivity (Wildman–Crippen MR) is 66.9 cm³/mol. The first-order valence-electron chi connectivity index (χ1n) is 6.21. The lowest BCUT2D eigenvalue weighted by Gasteiger charge is -2.45. The molecular formula is C13H28N2. The van der Waals surface area contributed by atoms with Gasteiger partial charge < -0.3 is 5.73 Å². The van der Waals surface area contributed by atoms with E-state index in [1.165, 1.54) is 25.8 Å². The molecule has 1 atom stereocenters. The highest BCUT2D eigenvalue weighted by atomic mass is 15.2. The van der Waals surface area contributed by atoms with Gasteiger partial charge in [-0.25, -0.2) is 0 Å². The third-order valence-electron chi connectivity index (χ3n) is 3.28. The van der Waals surface area contributed by atoms with E-state index in [2.05, 4.69) is 39.5 Å². The average molecular weight is 212 g/mol. The highest BCUT2D eigenvalue weighted by Gasteiger charge is 2.33. The van der Waals surface area contributed by atoms with Crippen LogP contribution in [0, 0.1) is 5.41 Å². The maximum absolute atomic E-state index is 6.04. The van der Waals surface area contributed by atoms with Crippen LogP contribution in [0.15, 0.2) is 0 Å². The molecule has 90 valence electrons. The van der Waals surface area contributed by atoms with Crippen molar-refractivity contribution in [1.29, 1.82) is 0 Å². The Morgan fingerprint density at radius 1 is 1.20 bits per heavy atom. The van der Waals surface area contributed by atoms with E-state index in [1.54, 1.807) is 0 Å². The van der Waals surface area contributed by atoms with E-state index in [4.69, 9.17) is 5.73 Å². The molecule has 0 aromatic carbocycles. The zero-order valence-corrected chi connectivity index (χ0v) is 11.1. The quantitative estimate of drug-likeness (QED) is 0.762. The van der Waals surface area contributed by atoms with Crippen LogP contribution < -0.4 is 5.73 Å². The molecule has 0 saturated carbocycles. The van der Waals surface area contributed by atoms with Crippen LogP contribution in [0.2, 0.25) is 0 Å². The van der Waals surface area contributed by atoms with Crippen LogP contribution in [0.3, 0.4) is 0 Å². The van der Waals surface area contributed by atoms with E-state index in [9.17, 15) is 0 Å². The van der Waals surface area contributed by atoms with Gasteiger partial charge in [0, 0.05) is 18.1 Å². The molecule has 1 fully saturated rings. The first kappa shape index (κ1) is 13.0. The predicted octanol–water partition coefficient (Wildman–Crippen LogP) is 2.62. The van der Waals surface area contributed by atoms with E-state index < -0.39 is 0 Å². The second-order valence-electron chi connectivity index (χ2n) is 6.90. The minimum atomic E-state index is 0.288. The molecule has 0 aromatic rings. The van der Waals surface area contributed by atoms with Gasteiger partial charge in [-0.2, -0.15) is 0 Å². The Bertz CT molecular complexity index is 203. The third kappa shape index (κ3) is 4.12. The van der Waals surface area contributed by atoms with Gasteiger partial charge in [-0.05, 0) is 45.1 Å². The molecule has 15 heavy (non-hydrogen) atoms. The summed E-state index contributed by atoms with van der Waals surface area (Å²) >= 11 is 0. The van der Waals surface area contributed by atoms with E-state index in [1.807, 2.05) is 0 Å². The van der Waals surface area contributed by atoms with Gasteiger partial charge in [0.05, 0.1) is 0 Å². The maximum atomic E-state index is 6.04. The molecule has 1 saturated heterocycles. The largest absolute Gasteiger partial charge is 0.327 e. The minimum Gasteiger partial charge on any atom is -0.327 e. The van der Waals surface area contributed by atoms with Crippen LogP contribution >= 0.6 is 0 Å². The molecule has 1 rings (SSSR count). The Morgan fingerprint density at radius 3 is 2.27 bits per heavy atom. The van der Waals surface area contributed by atoms with Crippen LogP contribution in [0.1, 0.15) is 53.9 Å². The fourth-order valence-electron chi connectivity index (χ4n) is 2.97. The highest BCUT2D eigenvalue weighted by molar-refractivity contribution is 4.90. The lowest BCUT2D eigenvalue weighted by Crippen LogP contribution is -2.53. The summed E-state index contributed by atoms with van der Waals surface area (Å²) < 4.78 is 0. The summed E-state index contributed by atoms with van der Waals surface area (Å²) in [6.45, 7) is 14.0. The molecule has 1 aliphatic heterocycles. The lowest BCUT2D eigenvalue weighted by atomic mass is 9.80. The number of nitrogens with two attached hydrogens (primary N) is 1. The summed E-state index contributed by atoms with van der Waals surface area (Å²) in [6.07, 6.45) is 3.68. The first-order valence-corrected chi connectivity index (χ1v) is 6.21.